The van der Waals surface area contributed by atoms with Crippen LogP contribution in [0.3, 0.4) is 0 Å². The molecule has 4 heteroatoms. The average Bonchev–Trinajstić information content (AvgIpc) is 2.28. The Bertz CT molecular complexity index is 437. The van der Waals surface area contributed by atoms with Crippen LogP contribution in [0.5, 0.6) is 0 Å². The van der Waals surface area contributed by atoms with Gasteiger partial charge in [-0.15, -0.1) is 0 Å². The van der Waals surface area contributed by atoms with Crippen LogP contribution in [0.1, 0.15) is 22.8 Å². The van der Waals surface area contributed by atoms with Crippen LogP contribution >= 0.6 is 15.9 Å². The van der Waals surface area contributed by atoms with Gasteiger partial charge in [-0.1, -0.05) is 15.9 Å². The van der Waals surface area contributed by atoms with Crippen molar-refractivity contribution < 1.29 is 4.79 Å². The van der Waals surface area contributed by atoms with E-state index in [0.29, 0.717) is 12.1 Å². The molecule has 84 valence electrons. The molecule has 1 aromatic rings. The Morgan fingerprint density at radius 2 is 2.25 bits per heavy atom. The minimum absolute atomic E-state index is 0.0975. The van der Waals surface area contributed by atoms with Gasteiger partial charge in [-0.05, 0) is 37.6 Å². The van der Waals surface area contributed by atoms with Gasteiger partial charge < -0.3 is 4.90 Å². The molecule has 0 aliphatic heterocycles. The number of hydrogen-bond donors (Lipinski definition) is 0. The topological polar surface area (TPSA) is 44.1 Å². The Balaban J connectivity index is 2.95. The van der Waals surface area contributed by atoms with Crippen LogP contribution in [0.25, 0.3) is 0 Å². The molecule has 1 aromatic carbocycles. The van der Waals surface area contributed by atoms with Gasteiger partial charge in [0.1, 0.15) is 6.54 Å². The Morgan fingerprint density at radius 3 is 2.75 bits per heavy atom. The van der Waals surface area contributed by atoms with E-state index in [1.807, 2.05) is 32.0 Å². The molecule has 0 aliphatic carbocycles. The number of nitriles is 1. The predicted molar refractivity (Wildman–Crippen MR) is 66.1 cm³/mol. The van der Waals surface area contributed by atoms with Crippen LogP contribution < -0.4 is 0 Å². The van der Waals surface area contributed by atoms with Crippen LogP contribution in [-0.4, -0.2) is 23.9 Å². The Kier molecular flexibility index (Phi) is 4.51. The number of halogens is 1. The number of carbonyl (C=O) groups excluding carboxylic acids is 1. The summed E-state index contributed by atoms with van der Waals surface area (Å²) in [6.07, 6.45) is 0. The summed E-state index contributed by atoms with van der Waals surface area (Å²) in [7, 11) is 0. The van der Waals surface area contributed by atoms with Crippen molar-refractivity contribution in [2.45, 2.75) is 13.8 Å². The molecule has 0 saturated carbocycles. The van der Waals surface area contributed by atoms with Gasteiger partial charge in [-0.25, -0.2) is 0 Å². The molecule has 0 aromatic heterocycles. The van der Waals surface area contributed by atoms with Crippen molar-refractivity contribution >= 4 is 21.8 Å². The van der Waals surface area contributed by atoms with Crippen molar-refractivity contribution in [3.8, 4) is 6.07 Å². The van der Waals surface area contributed by atoms with Crippen LogP contribution in [0.15, 0.2) is 22.7 Å². The SMILES string of the molecule is CCN(CC#N)C(=O)c1ccc(Br)c(C)c1. The summed E-state index contributed by atoms with van der Waals surface area (Å²) in [5.41, 5.74) is 1.64. The number of rotatable bonds is 3. The number of nitrogens with zero attached hydrogens (tertiary/aromatic N) is 2. The summed E-state index contributed by atoms with van der Waals surface area (Å²) in [6.45, 7) is 4.47. The fraction of sp³-hybridized carbons (Fsp3) is 0.333. The predicted octanol–water partition coefficient (Wildman–Crippen LogP) is 2.74. The fourth-order valence-electron chi connectivity index (χ4n) is 1.37. The van der Waals surface area contributed by atoms with Crippen molar-refractivity contribution in [3.63, 3.8) is 0 Å². The molecule has 0 unspecified atom stereocenters. The third kappa shape index (κ3) is 2.83. The third-order valence-electron chi connectivity index (χ3n) is 2.34. The lowest BCUT2D eigenvalue weighted by molar-refractivity contribution is 0.0784. The van der Waals surface area contributed by atoms with Gasteiger partial charge in [0, 0.05) is 16.6 Å². The summed E-state index contributed by atoms with van der Waals surface area (Å²) in [4.78, 5) is 13.5. The zero-order valence-electron chi connectivity index (χ0n) is 9.33. The minimum atomic E-state index is -0.0975. The van der Waals surface area contributed by atoms with Gasteiger partial charge in [-0.2, -0.15) is 5.26 Å². The van der Waals surface area contributed by atoms with Gasteiger partial charge in [0.25, 0.3) is 5.91 Å². The summed E-state index contributed by atoms with van der Waals surface area (Å²) in [5.74, 6) is -0.0975. The molecule has 0 atom stereocenters. The normalized spacial score (nSPS) is 9.62. The van der Waals surface area contributed by atoms with Crippen LogP contribution in [0.4, 0.5) is 0 Å². The highest BCUT2D eigenvalue weighted by Crippen LogP contribution is 2.18. The second kappa shape index (κ2) is 5.66. The van der Waals surface area contributed by atoms with Crippen molar-refractivity contribution in [3.05, 3.63) is 33.8 Å². The zero-order chi connectivity index (χ0) is 12.1. The van der Waals surface area contributed by atoms with E-state index in [0.717, 1.165) is 10.0 Å². The average molecular weight is 281 g/mol. The molecule has 1 rings (SSSR count). The Labute approximate surface area is 104 Å². The molecular formula is C12H13BrN2O. The number of aryl methyl sites for hydroxylation is 1. The van der Waals surface area contributed by atoms with Gasteiger partial charge in [0.2, 0.25) is 0 Å². The van der Waals surface area contributed by atoms with E-state index in [2.05, 4.69) is 15.9 Å². The highest BCUT2D eigenvalue weighted by atomic mass is 79.9. The summed E-state index contributed by atoms with van der Waals surface area (Å²) >= 11 is 3.39. The highest BCUT2D eigenvalue weighted by Gasteiger charge is 2.13. The van der Waals surface area contributed by atoms with Gasteiger partial charge in [-0.3, -0.25) is 4.79 Å². The molecule has 0 fully saturated rings. The lowest BCUT2D eigenvalue weighted by Crippen LogP contribution is -2.31. The highest BCUT2D eigenvalue weighted by molar-refractivity contribution is 9.10. The molecule has 3 nitrogen and oxygen atoms in total. The number of benzene rings is 1. The Hall–Kier alpha value is -1.34. The molecule has 16 heavy (non-hydrogen) atoms. The van der Waals surface area contributed by atoms with Crippen molar-refractivity contribution in [1.29, 1.82) is 5.26 Å². The van der Waals surface area contributed by atoms with E-state index in [-0.39, 0.29) is 12.5 Å². The van der Waals surface area contributed by atoms with E-state index >= 15 is 0 Å². The maximum Gasteiger partial charge on any atom is 0.254 e. The smallest absolute Gasteiger partial charge is 0.254 e. The lowest BCUT2D eigenvalue weighted by atomic mass is 10.1. The first-order valence-corrected chi connectivity index (χ1v) is 5.81. The lowest BCUT2D eigenvalue weighted by Gasteiger charge is -2.17. The minimum Gasteiger partial charge on any atom is -0.326 e. The van der Waals surface area contributed by atoms with Crippen molar-refractivity contribution in [2.24, 2.45) is 0 Å². The van der Waals surface area contributed by atoms with Crippen LogP contribution in [0.2, 0.25) is 0 Å². The maximum atomic E-state index is 12.0. The molecule has 0 heterocycles. The van der Waals surface area contributed by atoms with Gasteiger partial charge in [0.15, 0.2) is 0 Å². The molecule has 0 N–H and O–H groups in total. The Morgan fingerprint density at radius 1 is 1.56 bits per heavy atom. The van der Waals surface area contributed by atoms with Gasteiger partial charge in [0.05, 0.1) is 6.07 Å². The molecule has 0 aliphatic rings. The van der Waals surface area contributed by atoms with E-state index in [1.54, 1.807) is 6.07 Å². The number of hydrogen-bond acceptors (Lipinski definition) is 2. The molecule has 0 radical (unpaired) electrons. The molecule has 0 saturated heterocycles. The molecular weight excluding hydrogens is 268 g/mol. The first-order valence-electron chi connectivity index (χ1n) is 5.02. The number of amides is 1. The summed E-state index contributed by atoms with van der Waals surface area (Å²) in [6, 6.07) is 7.43. The van der Waals surface area contributed by atoms with E-state index in [4.69, 9.17) is 5.26 Å². The van der Waals surface area contributed by atoms with E-state index < -0.39 is 0 Å². The van der Waals surface area contributed by atoms with E-state index in [9.17, 15) is 4.79 Å². The van der Waals surface area contributed by atoms with Crippen LogP contribution in [-0.2, 0) is 0 Å². The molecule has 0 bridgehead atoms. The first-order chi connectivity index (χ1) is 7.60. The van der Waals surface area contributed by atoms with Crippen LogP contribution in [0, 0.1) is 18.3 Å². The monoisotopic (exact) mass is 280 g/mol. The maximum absolute atomic E-state index is 12.0. The molecule has 1 amide bonds. The van der Waals surface area contributed by atoms with Gasteiger partial charge >= 0.3 is 0 Å². The second-order valence-corrected chi connectivity index (χ2v) is 4.30. The zero-order valence-corrected chi connectivity index (χ0v) is 10.9. The summed E-state index contributed by atoms with van der Waals surface area (Å²) < 4.78 is 0.979. The summed E-state index contributed by atoms with van der Waals surface area (Å²) in [5, 5.41) is 8.61. The molecule has 0 spiro atoms. The van der Waals surface area contributed by atoms with Crippen molar-refractivity contribution in [1.82, 2.24) is 4.90 Å². The first kappa shape index (κ1) is 12.7. The number of carbonyl (C=O) groups is 1. The van der Waals surface area contributed by atoms with Crippen molar-refractivity contribution in [2.75, 3.05) is 13.1 Å². The van der Waals surface area contributed by atoms with E-state index in [1.165, 1.54) is 4.90 Å². The largest absolute Gasteiger partial charge is 0.326 e. The second-order valence-electron chi connectivity index (χ2n) is 3.44. The fourth-order valence-corrected chi connectivity index (χ4v) is 1.62. The standard InChI is InChI=1S/C12H13BrN2O/c1-3-15(7-6-14)12(16)10-4-5-11(13)9(2)8-10/h4-5,8H,3,7H2,1-2H3. The quantitative estimate of drug-likeness (QED) is 0.799. The third-order valence-corrected chi connectivity index (χ3v) is 3.23.